The van der Waals surface area contributed by atoms with Crippen molar-refractivity contribution in [1.82, 2.24) is 19.6 Å². The van der Waals surface area contributed by atoms with Gasteiger partial charge < -0.3 is 14.2 Å². The summed E-state index contributed by atoms with van der Waals surface area (Å²) in [4.78, 5) is 41.2. The molecule has 1 aromatic carbocycles. The molecular formula is C23H21F3N4O4. The smallest absolute Gasteiger partial charge is 0.416 e. The second-order valence-corrected chi connectivity index (χ2v) is 7.90. The number of furan rings is 1. The third-order valence-electron chi connectivity index (χ3n) is 5.72. The van der Waals surface area contributed by atoms with Gasteiger partial charge in [0.25, 0.3) is 17.6 Å². The predicted octanol–water partition coefficient (Wildman–Crippen LogP) is 3.27. The van der Waals surface area contributed by atoms with E-state index in [4.69, 9.17) is 4.42 Å². The first-order valence-electron chi connectivity index (χ1n) is 10.5. The maximum absolute atomic E-state index is 13.1. The van der Waals surface area contributed by atoms with Gasteiger partial charge in [-0.1, -0.05) is 6.07 Å². The van der Waals surface area contributed by atoms with Gasteiger partial charge in [-0.2, -0.15) is 18.3 Å². The summed E-state index contributed by atoms with van der Waals surface area (Å²) in [6.07, 6.45) is -3.13. The molecule has 3 heterocycles. The van der Waals surface area contributed by atoms with Gasteiger partial charge in [0.05, 0.1) is 34.5 Å². The van der Waals surface area contributed by atoms with Crippen LogP contribution in [-0.4, -0.2) is 63.4 Å². The fourth-order valence-corrected chi connectivity index (χ4v) is 3.96. The minimum absolute atomic E-state index is 0.0523. The molecule has 0 radical (unpaired) electrons. The lowest BCUT2D eigenvalue weighted by atomic mass is 10.1. The van der Waals surface area contributed by atoms with Crippen LogP contribution in [0.5, 0.6) is 0 Å². The molecule has 8 nitrogen and oxygen atoms in total. The number of amides is 2. The Morgan fingerprint density at radius 1 is 0.971 bits per heavy atom. The largest absolute Gasteiger partial charge is 0.459 e. The average molecular weight is 474 g/mol. The van der Waals surface area contributed by atoms with Gasteiger partial charge in [0.2, 0.25) is 0 Å². The van der Waals surface area contributed by atoms with Gasteiger partial charge in [-0.15, -0.1) is 0 Å². The van der Waals surface area contributed by atoms with Crippen LogP contribution in [0.2, 0.25) is 0 Å². The number of Topliss-reactive ketones (excluding diaryl/α,β-unsaturated/α-hetero) is 1. The Morgan fingerprint density at radius 3 is 2.26 bits per heavy atom. The van der Waals surface area contributed by atoms with E-state index in [0.29, 0.717) is 0 Å². The maximum atomic E-state index is 13.1. The van der Waals surface area contributed by atoms with Crippen molar-refractivity contribution >= 4 is 17.6 Å². The quantitative estimate of drug-likeness (QED) is 0.428. The summed E-state index contributed by atoms with van der Waals surface area (Å²) in [5.41, 5.74) is -0.159. The fourth-order valence-electron chi connectivity index (χ4n) is 3.96. The summed E-state index contributed by atoms with van der Waals surface area (Å²) in [7, 11) is 0. The number of rotatable bonds is 4. The molecule has 4 rings (SSSR count). The van der Waals surface area contributed by atoms with Crippen LogP contribution in [0, 0.1) is 13.8 Å². The van der Waals surface area contributed by atoms with Gasteiger partial charge in [-0.25, -0.2) is 4.68 Å². The number of alkyl halides is 3. The number of halogens is 3. The van der Waals surface area contributed by atoms with Crippen LogP contribution in [0.4, 0.5) is 13.2 Å². The Morgan fingerprint density at radius 2 is 1.65 bits per heavy atom. The van der Waals surface area contributed by atoms with Gasteiger partial charge >= 0.3 is 6.18 Å². The molecule has 1 aliphatic rings. The third-order valence-corrected chi connectivity index (χ3v) is 5.72. The van der Waals surface area contributed by atoms with Crippen LogP contribution in [-0.2, 0) is 11.0 Å². The summed E-state index contributed by atoms with van der Waals surface area (Å²) in [5.74, 6) is -1.64. The summed E-state index contributed by atoms with van der Waals surface area (Å²) in [6.45, 7) is 3.85. The van der Waals surface area contributed by atoms with E-state index in [2.05, 4.69) is 5.10 Å². The van der Waals surface area contributed by atoms with Gasteiger partial charge in [0, 0.05) is 26.2 Å². The zero-order valence-electron chi connectivity index (χ0n) is 18.4. The minimum Gasteiger partial charge on any atom is -0.459 e. The normalized spacial score (nSPS) is 14.4. The molecule has 178 valence electrons. The molecule has 2 aromatic heterocycles. The molecular weight excluding hydrogens is 453 g/mol. The number of piperazine rings is 1. The van der Waals surface area contributed by atoms with Crippen molar-refractivity contribution in [1.29, 1.82) is 0 Å². The van der Waals surface area contributed by atoms with E-state index in [0.717, 1.165) is 12.1 Å². The van der Waals surface area contributed by atoms with Crippen molar-refractivity contribution in [3.05, 3.63) is 70.9 Å². The first-order valence-corrected chi connectivity index (χ1v) is 10.5. The highest BCUT2D eigenvalue weighted by molar-refractivity contribution is 6.43. The summed E-state index contributed by atoms with van der Waals surface area (Å²) < 4.78 is 45.6. The first kappa shape index (κ1) is 23.3. The predicted molar refractivity (Wildman–Crippen MR) is 114 cm³/mol. The molecule has 0 bridgehead atoms. The lowest BCUT2D eigenvalue weighted by molar-refractivity contribution is -0.137. The van der Waals surface area contributed by atoms with Crippen molar-refractivity contribution in [3.8, 4) is 5.69 Å². The van der Waals surface area contributed by atoms with E-state index in [1.807, 2.05) is 0 Å². The zero-order valence-corrected chi connectivity index (χ0v) is 18.4. The second kappa shape index (κ2) is 8.81. The Balaban J connectivity index is 1.50. The zero-order chi connectivity index (χ0) is 24.6. The Kier molecular flexibility index (Phi) is 6.03. The summed E-state index contributed by atoms with van der Waals surface area (Å²) in [6, 6.07) is 7.74. The molecule has 0 unspecified atom stereocenters. The van der Waals surface area contributed by atoms with Gasteiger partial charge in [0.15, 0.2) is 5.76 Å². The second-order valence-electron chi connectivity index (χ2n) is 7.90. The van der Waals surface area contributed by atoms with E-state index in [-0.39, 0.29) is 60.5 Å². The van der Waals surface area contributed by atoms with Gasteiger partial charge in [0.1, 0.15) is 0 Å². The number of carbonyl (C=O) groups excluding carboxylic acids is 3. The van der Waals surface area contributed by atoms with Crippen LogP contribution >= 0.6 is 0 Å². The number of carbonyl (C=O) groups is 3. The lowest BCUT2D eigenvalue weighted by Gasteiger charge is -2.33. The van der Waals surface area contributed by atoms with Crippen LogP contribution in [0.1, 0.15) is 37.9 Å². The van der Waals surface area contributed by atoms with Gasteiger partial charge in [-0.05, 0) is 44.2 Å². The first-order chi connectivity index (χ1) is 16.1. The van der Waals surface area contributed by atoms with Crippen molar-refractivity contribution < 1.29 is 32.0 Å². The summed E-state index contributed by atoms with van der Waals surface area (Å²) in [5, 5.41) is 4.21. The van der Waals surface area contributed by atoms with E-state index >= 15 is 0 Å². The van der Waals surface area contributed by atoms with Crippen LogP contribution in [0.15, 0.2) is 47.1 Å². The monoisotopic (exact) mass is 474 g/mol. The van der Waals surface area contributed by atoms with Crippen molar-refractivity contribution in [3.63, 3.8) is 0 Å². The number of nitrogens with zero attached hydrogens (tertiary/aromatic N) is 4. The number of aromatic nitrogens is 2. The van der Waals surface area contributed by atoms with Crippen molar-refractivity contribution in [2.45, 2.75) is 20.0 Å². The third kappa shape index (κ3) is 4.33. The van der Waals surface area contributed by atoms with Crippen LogP contribution in [0.25, 0.3) is 5.69 Å². The molecule has 1 fully saturated rings. The number of hydrogen-bond acceptors (Lipinski definition) is 5. The number of ketones is 1. The molecule has 0 spiro atoms. The lowest BCUT2D eigenvalue weighted by Crippen LogP contribution is -2.52. The summed E-state index contributed by atoms with van der Waals surface area (Å²) >= 11 is 0. The highest BCUT2D eigenvalue weighted by Crippen LogP contribution is 2.31. The number of hydrogen-bond donors (Lipinski definition) is 0. The molecule has 0 aliphatic carbocycles. The maximum Gasteiger partial charge on any atom is 0.416 e. The molecule has 34 heavy (non-hydrogen) atoms. The number of benzene rings is 1. The minimum atomic E-state index is -4.53. The van der Waals surface area contributed by atoms with E-state index in [9.17, 15) is 27.6 Å². The van der Waals surface area contributed by atoms with E-state index in [1.165, 1.54) is 46.7 Å². The molecule has 1 aliphatic heterocycles. The van der Waals surface area contributed by atoms with Crippen molar-refractivity contribution in [2.75, 3.05) is 26.2 Å². The number of aryl methyl sites for hydroxylation is 1. The molecule has 0 N–H and O–H groups in total. The molecule has 11 heteroatoms. The van der Waals surface area contributed by atoms with Gasteiger partial charge in [-0.3, -0.25) is 14.4 Å². The average Bonchev–Trinajstić information content (AvgIpc) is 3.45. The molecule has 0 atom stereocenters. The Labute approximate surface area is 192 Å². The highest BCUT2D eigenvalue weighted by atomic mass is 19.4. The molecule has 0 saturated carbocycles. The van der Waals surface area contributed by atoms with Crippen molar-refractivity contribution in [2.24, 2.45) is 0 Å². The fraction of sp³-hybridized carbons (Fsp3) is 0.304. The Bertz CT molecular complexity index is 1240. The highest BCUT2D eigenvalue weighted by Gasteiger charge is 2.33. The van der Waals surface area contributed by atoms with E-state index in [1.54, 1.807) is 12.1 Å². The topological polar surface area (TPSA) is 88.7 Å². The molecule has 1 saturated heterocycles. The SMILES string of the molecule is Cc1nn(-c2cccc(C(F)(F)F)c2)c(C)c1C(=O)C(=O)N1CCN(C(=O)c2ccco2)CC1. The molecule has 2 amide bonds. The standard InChI is InChI=1S/C23H21F3N4O4/c1-14-19(15(2)30(27-14)17-6-3-5-16(13-17)23(24,25)26)20(31)22(33)29-10-8-28(9-11-29)21(32)18-7-4-12-34-18/h3-7,12-13H,8-11H2,1-2H3. The van der Waals surface area contributed by atoms with Crippen LogP contribution in [0.3, 0.4) is 0 Å². The Hall–Kier alpha value is -3.89. The van der Waals surface area contributed by atoms with E-state index < -0.39 is 23.4 Å². The molecule has 3 aromatic rings. The van der Waals surface area contributed by atoms with Crippen LogP contribution < -0.4 is 0 Å².